The van der Waals surface area contributed by atoms with E-state index in [9.17, 15) is 9.90 Å². The van der Waals surface area contributed by atoms with E-state index in [-0.39, 0.29) is 11.3 Å². The van der Waals surface area contributed by atoms with Gasteiger partial charge in [-0.2, -0.15) is 5.10 Å². The molecule has 0 bridgehead atoms. The lowest BCUT2D eigenvalue weighted by Gasteiger charge is -2.06. The highest BCUT2D eigenvalue weighted by Crippen LogP contribution is 2.24. The van der Waals surface area contributed by atoms with Crippen molar-refractivity contribution in [1.29, 1.82) is 0 Å². The molecule has 24 heavy (non-hydrogen) atoms. The number of rotatable bonds is 4. The number of hydrogen-bond acceptors (Lipinski definition) is 4. The first-order valence-corrected chi connectivity index (χ1v) is 7.41. The van der Waals surface area contributed by atoms with E-state index in [1.807, 2.05) is 30.3 Å². The Bertz CT molecular complexity index is 925. The van der Waals surface area contributed by atoms with E-state index in [4.69, 9.17) is 4.42 Å². The third-order valence-electron chi connectivity index (χ3n) is 3.47. The SMILES string of the molecule is CC(/C=C/c1ccco1)=N/NC(=O)c1cc2ccccc2cc1O. The van der Waals surface area contributed by atoms with Crippen molar-refractivity contribution in [2.24, 2.45) is 5.10 Å². The molecule has 0 spiro atoms. The van der Waals surface area contributed by atoms with Gasteiger partial charge in [0, 0.05) is 0 Å². The second kappa shape index (κ2) is 6.83. The van der Waals surface area contributed by atoms with Gasteiger partial charge < -0.3 is 9.52 Å². The molecule has 0 aliphatic heterocycles. The molecule has 0 radical (unpaired) electrons. The molecule has 0 atom stereocenters. The van der Waals surface area contributed by atoms with Gasteiger partial charge in [0.15, 0.2) is 0 Å². The Kier molecular flexibility index (Phi) is 4.43. The van der Waals surface area contributed by atoms with Gasteiger partial charge >= 0.3 is 0 Å². The molecule has 0 aliphatic carbocycles. The van der Waals surface area contributed by atoms with Gasteiger partial charge in [-0.1, -0.05) is 24.3 Å². The number of phenolic OH excluding ortho intramolecular Hbond substituents is 1. The Morgan fingerprint density at radius 3 is 2.62 bits per heavy atom. The predicted molar refractivity (Wildman–Crippen MR) is 93.9 cm³/mol. The second-order valence-electron chi connectivity index (χ2n) is 5.26. The van der Waals surface area contributed by atoms with Crippen molar-refractivity contribution in [1.82, 2.24) is 5.43 Å². The Hall–Kier alpha value is -3.34. The molecule has 5 heteroatoms. The van der Waals surface area contributed by atoms with Crippen molar-refractivity contribution in [3.05, 3.63) is 72.2 Å². The van der Waals surface area contributed by atoms with Gasteiger partial charge in [-0.25, -0.2) is 5.43 Å². The van der Waals surface area contributed by atoms with Gasteiger partial charge in [-0.3, -0.25) is 4.79 Å². The first-order valence-electron chi connectivity index (χ1n) is 7.41. The molecular formula is C19H16N2O3. The van der Waals surface area contributed by atoms with E-state index < -0.39 is 5.91 Å². The third-order valence-corrected chi connectivity index (χ3v) is 3.47. The average Bonchev–Trinajstić information content (AvgIpc) is 3.10. The smallest absolute Gasteiger partial charge is 0.275 e. The molecule has 1 heterocycles. The molecule has 0 saturated carbocycles. The molecule has 1 amide bonds. The monoisotopic (exact) mass is 320 g/mol. The van der Waals surface area contributed by atoms with Gasteiger partial charge in [-0.15, -0.1) is 0 Å². The maximum absolute atomic E-state index is 12.2. The number of allylic oxidation sites excluding steroid dienone is 1. The van der Waals surface area contributed by atoms with E-state index in [0.717, 1.165) is 10.8 Å². The zero-order chi connectivity index (χ0) is 16.9. The number of hydrazone groups is 1. The van der Waals surface area contributed by atoms with Crippen LogP contribution in [0, 0.1) is 0 Å². The van der Waals surface area contributed by atoms with Crippen molar-refractivity contribution >= 4 is 28.5 Å². The number of carbonyl (C=O) groups excluding carboxylic acids is 1. The van der Waals surface area contributed by atoms with Crippen molar-refractivity contribution < 1.29 is 14.3 Å². The fourth-order valence-corrected chi connectivity index (χ4v) is 2.24. The molecule has 2 N–H and O–H groups in total. The highest BCUT2D eigenvalue weighted by molar-refractivity contribution is 6.03. The molecule has 5 nitrogen and oxygen atoms in total. The molecule has 0 unspecified atom stereocenters. The fourth-order valence-electron chi connectivity index (χ4n) is 2.24. The van der Waals surface area contributed by atoms with Crippen LogP contribution in [0.2, 0.25) is 0 Å². The summed E-state index contributed by atoms with van der Waals surface area (Å²) in [5, 5.41) is 15.8. The largest absolute Gasteiger partial charge is 0.507 e. The van der Waals surface area contributed by atoms with Crippen molar-refractivity contribution in [3.8, 4) is 5.75 Å². The van der Waals surface area contributed by atoms with Crippen molar-refractivity contribution in [2.45, 2.75) is 6.92 Å². The number of carbonyl (C=O) groups is 1. The lowest BCUT2D eigenvalue weighted by Crippen LogP contribution is -2.18. The van der Waals surface area contributed by atoms with Crippen LogP contribution in [0.15, 0.2) is 70.4 Å². The molecule has 2 aromatic carbocycles. The van der Waals surface area contributed by atoms with Gasteiger partial charge in [0.25, 0.3) is 5.91 Å². The minimum absolute atomic E-state index is 0.0785. The lowest BCUT2D eigenvalue weighted by atomic mass is 10.1. The van der Waals surface area contributed by atoms with Crippen LogP contribution < -0.4 is 5.43 Å². The molecule has 0 saturated heterocycles. The summed E-state index contributed by atoms with van der Waals surface area (Å²) in [6.45, 7) is 1.75. The van der Waals surface area contributed by atoms with Crippen LogP contribution in [0.3, 0.4) is 0 Å². The number of aromatic hydroxyl groups is 1. The molecule has 3 rings (SSSR count). The van der Waals surface area contributed by atoms with Gasteiger partial charge in [0.1, 0.15) is 11.5 Å². The molecule has 0 fully saturated rings. The predicted octanol–water partition coefficient (Wildman–Crippen LogP) is 3.96. The zero-order valence-corrected chi connectivity index (χ0v) is 13.1. The van der Waals surface area contributed by atoms with Gasteiger partial charge in [-0.05, 0) is 54.1 Å². The quantitative estimate of drug-likeness (QED) is 0.564. The molecule has 120 valence electrons. The summed E-state index contributed by atoms with van der Waals surface area (Å²) in [5.41, 5.74) is 3.22. The molecule has 1 aromatic heterocycles. The Balaban J connectivity index is 1.75. The van der Waals surface area contributed by atoms with Crippen LogP contribution in [0.25, 0.3) is 16.8 Å². The third kappa shape index (κ3) is 3.52. The van der Waals surface area contributed by atoms with E-state index >= 15 is 0 Å². The normalized spacial score (nSPS) is 12.0. The van der Waals surface area contributed by atoms with Crippen molar-refractivity contribution in [3.63, 3.8) is 0 Å². The van der Waals surface area contributed by atoms with Crippen LogP contribution in [-0.4, -0.2) is 16.7 Å². The minimum atomic E-state index is -0.469. The summed E-state index contributed by atoms with van der Waals surface area (Å²) in [4.78, 5) is 12.2. The maximum atomic E-state index is 12.2. The second-order valence-corrected chi connectivity index (χ2v) is 5.26. The summed E-state index contributed by atoms with van der Waals surface area (Å²) < 4.78 is 5.17. The van der Waals surface area contributed by atoms with Crippen LogP contribution in [0.5, 0.6) is 5.75 Å². The van der Waals surface area contributed by atoms with E-state index in [1.54, 1.807) is 43.5 Å². The Morgan fingerprint density at radius 1 is 1.17 bits per heavy atom. The molecule has 0 aliphatic rings. The number of phenols is 1. The Labute approximate surface area is 138 Å². The number of furan rings is 1. The number of nitrogens with one attached hydrogen (secondary N) is 1. The van der Waals surface area contributed by atoms with Crippen LogP contribution in [-0.2, 0) is 0 Å². The fraction of sp³-hybridized carbons (Fsp3) is 0.0526. The van der Waals surface area contributed by atoms with Crippen molar-refractivity contribution in [2.75, 3.05) is 0 Å². The summed E-state index contributed by atoms with van der Waals surface area (Å²) >= 11 is 0. The first kappa shape index (κ1) is 15.6. The maximum Gasteiger partial charge on any atom is 0.275 e. The summed E-state index contributed by atoms with van der Waals surface area (Å²) in [5.74, 6) is 0.150. The number of hydrogen-bond donors (Lipinski definition) is 2. The number of benzene rings is 2. The van der Waals surface area contributed by atoms with E-state index in [0.29, 0.717) is 11.5 Å². The number of nitrogens with zero attached hydrogens (tertiary/aromatic N) is 1. The van der Waals surface area contributed by atoms with Crippen LogP contribution in [0.1, 0.15) is 23.0 Å². The van der Waals surface area contributed by atoms with Crippen LogP contribution in [0.4, 0.5) is 0 Å². The lowest BCUT2D eigenvalue weighted by molar-refractivity contribution is 0.0952. The zero-order valence-electron chi connectivity index (χ0n) is 13.1. The molecular weight excluding hydrogens is 304 g/mol. The standard InChI is InChI=1S/C19H16N2O3/c1-13(8-9-16-7-4-10-24-16)20-21-19(23)17-11-14-5-2-3-6-15(14)12-18(17)22/h2-12,22H,1H3,(H,21,23)/b9-8+,20-13-. The van der Waals surface area contributed by atoms with E-state index in [1.165, 1.54) is 0 Å². The van der Waals surface area contributed by atoms with Gasteiger partial charge in [0.05, 0.1) is 17.5 Å². The number of amides is 1. The number of fused-ring (bicyclic) bond motifs is 1. The minimum Gasteiger partial charge on any atom is -0.507 e. The summed E-state index contributed by atoms with van der Waals surface area (Å²) in [6, 6.07) is 14.3. The molecule has 3 aromatic rings. The summed E-state index contributed by atoms with van der Waals surface area (Å²) in [7, 11) is 0. The van der Waals surface area contributed by atoms with E-state index in [2.05, 4.69) is 10.5 Å². The van der Waals surface area contributed by atoms with Crippen LogP contribution >= 0.6 is 0 Å². The summed E-state index contributed by atoms with van der Waals surface area (Å²) in [6.07, 6.45) is 5.05. The average molecular weight is 320 g/mol. The first-order chi connectivity index (χ1) is 11.6. The topological polar surface area (TPSA) is 74.8 Å². The Morgan fingerprint density at radius 2 is 1.92 bits per heavy atom. The highest BCUT2D eigenvalue weighted by Gasteiger charge is 2.11. The van der Waals surface area contributed by atoms with Gasteiger partial charge in [0.2, 0.25) is 0 Å². The highest BCUT2D eigenvalue weighted by atomic mass is 16.3.